The molecule has 0 aliphatic heterocycles. The summed E-state index contributed by atoms with van der Waals surface area (Å²) in [6.45, 7) is 0. The monoisotopic (exact) mass is 353 g/mol. The number of aromatic nitrogens is 3. The number of pyridine rings is 1. The number of aromatic carboxylic acids is 1. The van der Waals surface area contributed by atoms with Gasteiger partial charge in [0.05, 0.1) is 20.3 Å². The van der Waals surface area contributed by atoms with Gasteiger partial charge in [-0.25, -0.2) is 9.78 Å². The standard InChI is InChI=1S/C18H15N3O5/c1-24-13-10-14(25-2)21-18(20-13)26-16-15(17(22)23)12(8-9-19-16)11-6-4-3-5-7-11/h3-10H,1-2H3,(H,22,23). The minimum Gasteiger partial charge on any atom is -0.481 e. The molecule has 0 saturated carbocycles. The van der Waals surface area contributed by atoms with E-state index >= 15 is 0 Å². The first-order valence-electron chi connectivity index (χ1n) is 7.55. The molecular weight excluding hydrogens is 338 g/mol. The van der Waals surface area contributed by atoms with Crippen LogP contribution in [0.5, 0.6) is 23.7 Å². The van der Waals surface area contributed by atoms with Crippen molar-refractivity contribution >= 4 is 5.97 Å². The third-order valence-electron chi connectivity index (χ3n) is 3.48. The van der Waals surface area contributed by atoms with Gasteiger partial charge in [-0.05, 0) is 11.6 Å². The van der Waals surface area contributed by atoms with Crippen LogP contribution in [0.4, 0.5) is 0 Å². The minimum atomic E-state index is -1.18. The summed E-state index contributed by atoms with van der Waals surface area (Å²) in [7, 11) is 2.87. The van der Waals surface area contributed by atoms with E-state index in [4.69, 9.17) is 14.2 Å². The Morgan fingerprint density at radius 2 is 1.65 bits per heavy atom. The summed E-state index contributed by atoms with van der Waals surface area (Å²) in [5.74, 6) is -0.887. The molecule has 0 fully saturated rings. The van der Waals surface area contributed by atoms with Gasteiger partial charge >= 0.3 is 12.0 Å². The predicted molar refractivity (Wildman–Crippen MR) is 91.8 cm³/mol. The van der Waals surface area contributed by atoms with Crippen LogP contribution in [0.2, 0.25) is 0 Å². The Bertz CT molecular complexity index is 909. The highest BCUT2D eigenvalue weighted by Gasteiger charge is 2.21. The van der Waals surface area contributed by atoms with Crippen molar-refractivity contribution < 1.29 is 24.1 Å². The van der Waals surface area contributed by atoms with Gasteiger partial charge in [-0.1, -0.05) is 30.3 Å². The maximum absolute atomic E-state index is 11.8. The number of methoxy groups -OCH3 is 2. The number of carboxylic acids is 1. The van der Waals surface area contributed by atoms with Crippen molar-refractivity contribution in [3.05, 3.63) is 54.2 Å². The van der Waals surface area contributed by atoms with Gasteiger partial charge in [0.15, 0.2) is 0 Å². The zero-order chi connectivity index (χ0) is 18.5. The van der Waals surface area contributed by atoms with Crippen molar-refractivity contribution in [1.82, 2.24) is 15.0 Å². The summed E-state index contributed by atoms with van der Waals surface area (Å²) in [6, 6.07) is 12.0. The summed E-state index contributed by atoms with van der Waals surface area (Å²) >= 11 is 0. The largest absolute Gasteiger partial charge is 0.481 e. The molecule has 2 aromatic heterocycles. The van der Waals surface area contributed by atoms with Crippen molar-refractivity contribution in [2.45, 2.75) is 0 Å². The summed E-state index contributed by atoms with van der Waals surface area (Å²) in [5, 5.41) is 9.68. The number of hydrogen-bond donors (Lipinski definition) is 1. The average molecular weight is 353 g/mol. The molecule has 0 aliphatic carbocycles. The second-order valence-corrected chi connectivity index (χ2v) is 5.05. The molecule has 0 atom stereocenters. The molecule has 0 bridgehead atoms. The molecule has 0 unspecified atom stereocenters. The Hall–Kier alpha value is -3.68. The van der Waals surface area contributed by atoms with Crippen molar-refractivity contribution in [2.75, 3.05) is 14.2 Å². The van der Waals surface area contributed by atoms with Crippen LogP contribution in [-0.2, 0) is 0 Å². The topological polar surface area (TPSA) is 104 Å². The summed E-state index contributed by atoms with van der Waals surface area (Å²) in [4.78, 5) is 23.9. The second-order valence-electron chi connectivity index (χ2n) is 5.05. The van der Waals surface area contributed by atoms with Crippen molar-refractivity contribution in [3.8, 4) is 34.8 Å². The highest BCUT2D eigenvalue weighted by molar-refractivity contribution is 5.98. The summed E-state index contributed by atoms with van der Waals surface area (Å²) < 4.78 is 15.7. The lowest BCUT2D eigenvalue weighted by molar-refractivity contribution is 0.0694. The molecule has 2 heterocycles. The van der Waals surface area contributed by atoms with Gasteiger partial charge in [0.1, 0.15) is 5.56 Å². The molecule has 132 valence electrons. The van der Waals surface area contributed by atoms with Gasteiger partial charge in [-0.15, -0.1) is 0 Å². The zero-order valence-corrected chi connectivity index (χ0v) is 14.0. The number of carbonyl (C=O) groups is 1. The van der Waals surface area contributed by atoms with E-state index in [9.17, 15) is 9.90 Å². The van der Waals surface area contributed by atoms with Crippen molar-refractivity contribution in [1.29, 1.82) is 0 Å². The first kappa shape index (κ1) is 17.2. The van der Waals surface area contributed by atoms with Gasteiger partial charge in [0, 0.05) is 11.8 Å². The minimum absolute atomic E-state index is 0.0934. The highest BCUT2D eigenvalue weighted by atomic mass is 16.5. The van der Waals surface area contributed by atoms with E-state index in [-0.39, 0.29) is 29.2 Å². The molecule has 1 N–H and O–H groups in total. The van der Waals surface area contributed by atoms with Gasteiger partial charge in [-0.3, -0.25) is 0 Å². The number of ether oxygens (including phenoxy) is 3. The molecule has 0 amide bonds. The van der Waals surface area contributed by atoms with E-state index in [1.807, 2.05) is 18.2 Å². The lowest BCUT2D eigenvalue weighted by Crippen LogP contribution is -2.06. The summed E-state index contributed by atoms with van der Waals surface area (Å²) in [5.41, 5.74) is 1.10. The Labute approximate surface area is 149 Å². The van der Waals surface area contributed by atoms with Crippen LogP contribution in [0.3, 0.4) is 0 Å². The van der Waals surface area contributed by atoms with Gasteiger partial charge in [-0.2, -0.15) is 9.97 Å². The Balaban J connectivity index is 2.07. The smallest absolute Gasteiger partial charge is 0.341 e. The van der Waals surface area contributed by atoms with E-state index in [0.29, 0.717) is 5.56 Å². The Morgan fingerprint density at radius 1 is 1.00 bits per heavy atom. The SMILES string of the molecule is COc1cc(OC)nc(Oc2nccc(-c3ccccc3)c2C(=O)O)n1. The molecule has 0 aliphatic rings. The molecule has 0 radical (unpaired) electrons. The van der Waals surface area contributed by atoms with E-state index in [0.717, 1.165) is 5.56 Å². The average Bonchev–Trinajstić information content (AvgIpc) is 2.68. The quantitative estimate of drug-likeness (QED) is 0.721. The third kappa shape index (κ3) is 3.54. The lowest BCUT2D eigenvalue weighted by Gasteiger charge is -2.11. The Morgan fingerprint density at radius 3 is 2.23 bits per heavy atom. The number of rotatable bonds is 6. The number of hydrogen-bond acceptors (Lipinski definition) is 7. The maximum Gasteiger partial charge on any atom is 0.341 e. The maximum atomic E-state index is 11.8. The fourth-order valence-corrected chi connectivity index (χ4v) is 2.31. The molecule has 3 aromatic rings. The first-order valence-corrected chi connectivity index (χ1v) is 7.55. The van der Waals surface area contributed by atoms with Crippen LogP contribution in [0, 0.1) is 0 Å². The van der Waals surface area contributed by atoms with E-state index in [1.54, 1.807) is 18.2 Å². The van der Waals surface area contributed by atoms with Crippen molar-refractivity contribution in [2.24, 2.45) is 0 Å². The molecular formula is C18H15N3O5. The molecule has 3 rings (SSSR count). The molecule has 0 spiro atoms. The fraction of sp³-hybridized carbons (Fsp3) is 0.111. The molecule has 26 heavy (non-hydrogen) atoms. The summed E-state index contributed by atoms with van der Waals surface area (Å²) in [6.07, 6.45) is 1.46. The van der Waals surface area contributed by atoms with Crippen molar-refractivity contribution in [3.63, 3.8) is 0 Å². The molecule has 0 saturated heterocycles. The van der Waals surface area contributed by atoms with Gasteiger partial charge < -0.3 is 19.3 Å². The normalized spacial score (nSPS) is 10.2. The van der Waals surface area contributed by atoms with E-state index in [2.05, 4.69) is 15.0 Å². The fourth-order valence-electron chi connectivity index (χ4n) is 2.31. The highest BCUT2D eigenvalue weighted by Crippen LogP contribution is 2.31. The number of nitrogens with zero attached hydrogens (tertiary/aromatic N) is 3. The van der Waals surface area contributed by atoms with Crippen LogP contribution < -0.4 is 14.2 Å². The van der Waals surface area contributed by atoms with Crippen LogP contribution in [-0.4, -0.2) is 40.2 Å². The van der Waals surface area contributed by atoms with E-state index in [1.165, 1.54) is 26.5 Å². The molecule has 8 heteroatoms. The lowest BCUT2D eigenvalue weighted by atomic mass is 10.0. The first-order chi connectivity index (χ1) is 12.6. The third-order valence-corrected chi connectivity index (χ3v) is 3.48. The number of benzene rings is 1. The zero-order valence-electron chi connectivity index (χ0n) is 14.0. The van der Waals surface area contributed by atoms with Crippen LogP contribution in [0.25, 0.3) is 11.1 Å². The van der Waals surface area contributed by atoms with Crippen LogP contribution in [0.1, 0.15) is 10.4 Å². The predicted octanol–water partition coefficient (Wildman–Crippen LogP) is 3.05. The van der Waals surface area contributed by atoms with Crippen LogP contribution in [0.15, 0.2) is 48.7 Å². The van der Waals surface area contributed by atoms with E-state index < -0.39 is 5.97 Å². The Kier molecular flexibility index (Phi) is 4.93. The number of carboxylic acid groups (broad SMARTS) is 1. The van der Waals surface area contributed by atoms with Crippen LogP contribution >= 0.6 is 0 Å². The molecule has 8 nitrogen and oxygen atoms in total. The van der Waals surface area contributed by atoms with Gasteiger partial charge in [0.2, 0.25) is 17.6 Å². The second kappa shape index (κ2) is 7.47. The van der Waals surface area contributed by atoms with Gasteiger partial charge in [0.25, 0.3) is 0 Å². The molecule has 1 aromatic carbocycles.